The number of fused-ring (bicyclic) bond motifs is 1. The van der Waals surface area contributed by atoms with Gasteiger partial charge in [0.2, 0.25) is 0 Å². The van der Waals surface area contributed by atoms with E-state index >= 15 is 0 Å². The minimum Gasteiger partial charge on any atom is -0.508 e. The van der Waals surface area contributed by atoms with E-state index in [1.807, 2.05) is 26.0 Å². The molecule has 0 saturated heterocycles. The van der Waals surface area contributed by atoms with Crippen molar-refractivity contribution in [3.63, 3.8) is 0 Å². The molecule has 2 rings (SSSR count). The third kappa shape index (κ3) is 2.54. The van der Waals surface area contributed by atoms with Gasteiger partial charge in [-0.25, -0.2) is 0 Å². The zero-order valence-corrected chi connectivity index (χ0v) is 10.5. The summed E-state index contributed by atoms with van der Waals surface area (Å²) in [5.74, 6) is 0.825. The van der Waals surface area contributed by atoms with E-state index in [2.05, 4.69) is 32.0 Å². The maximum absolute atomic E-state index is 9.44. The number of aromatic hydroxyl groups is 1. The lowest BCUT2D eigenvalue weighted by Gasteiger charge is -2.09. The van der Waals surface area contributed by atoms with Crippen molar-refractivity contribution in [3.05, 3.63) is 42.0 Å². The Morgan fingerprint density at radius 3 is 2.31 bits per heavy atom. The molecule has 0 aliphatic rings. The lowest BCUT2D eigenvalue weighted by molar-refractivity contribution is 0.476. The van der Waals surface area contributed by atoms with E-state index in [-0.39, 0.29) is 0 Å². The monoisotopic (exact) mass is 216 g/mol. The average Bonchev–Trinajstić information content (AvgIpc) is 2.30. The highest BCUT2D eigenvalue weighted by Gasteiger charge is 2.04. The first-order valence-electron chi connectivity index (χ1n) is 5.90. The molecule has 16 heavy (non-hydrogen) atoms. The average molecular weight is 216 g/mol. The van der Waals surface area contributed by atoms with Crippen molar-refractivity contribution in [2.24, 2.45) is 0 Å². The smallest absolute Gasteiger partial charge is 0.116 e. The second-order valence-electron chi connectivity index (χ2n) is 3.91. The molecular weight excluding hydrogens is 196 g/mol. The summed E-state index contributed by atoms with van der Waals surface area (Å²) in [7, 11) is 0. The van der Waals surface area contributed by atoms with E-state index < -0.39 is 0 Å². The van der Waals surface area contributed by atoms with Crippen LogP contribution in [0.1, 0.15) is 39.2 Å². The second kappa shape index (κ2) is 5.55. The van der Waals surface area contributed by atoms with Gasteiger partial charge in [-0.3, -0.25) is 0 Å². The van der Waals surface area contributed by atoms with Gasteiger partial charge < -0.3 is 5.11 Å². The Balaban J connectivity index is 0.000000606. The quantitative estimate of drug-likeness (QED) is 0.732. The van der Waals surface area contributed by atoms with E-state index in [1.54, 1.807) is 6.07 Å². The molecule has 0 radical (unpaired) electrons. The van der Waals surface area contributed by atoms with Crippen molar-refractivity contribution in [1.82, 2.24) is 0 Å². The highest BCUT2D eigenvalue weighted by molar-refractivity contribution is 5.87. The molecule has 0 saturated carbocycles. The van der Waals surface area contributed by atoms with Gasteiger partial charge in [0.15, 0.2) is 0 Å². The minimum absolute atomic E-state index is 0.339. The van der Waals surface area contributed by atoms with Gasteiger partial charge in [-0.05, 0) is 34.4 Å². The molecule has 0 aliphatic carbocycles. The fraction of sp³-hybridized carbons (Fsp3) is 0.333. The maximum Gasteiger partial charge on any atom is 0.116 e. The number of rotatable bonds is 1. The van der Waals surface area contributed by atoms with E-state index in [4.69, 9.17) is 0 Å². The number of phenols is 1. The van der Waals surface area contributed by atoms with Crippen LogP contribution >= 0.6 is 0 Å². The normalized spacial score (nSPS) is 10.1. The predicted molar refractivity (Wildman–Crippen MR) is 71.0 cm³/mol. The van der Waals surface area contributed by atoms with Gasteiger partial charge in [0, 0.05) is 0 Å². The summed E-state index contributed by atoms with van der Waals surface area (Å²) in [6, 6.07) is 11.8. The first-order chi connectivity index (χ1) is 7.68. The summed E-state index contributed by atoms with van der Waals surface area (Å²) in [6.45, 7) is 8.33. The zero-order chi connectivity index (χ0) is 12.1. The van der Waals surface area contributed by atoms with Gasteiger partial charge in [-0.2, -0.15) is 0 Å². The van der Waals surface area contributed by atoms with E-state index in [1.165, 1.54) is 10.9 Å². The standard InChI is InChI=1S/C13H14O.C2H6/c1-9(2)12-5-3-4-10-6-7-11(14)8-13(10)12;1-2/h3-9,14H,1-2H3;1-2H3. The molecule has 0 aliphatic heterocycles. The first kappa shape index (κ1) is 12.6. The molecule has 2 aromatic rings. The highest BCUT2D eigenvalue weighted by atomic mass is 16.3. The first-order valence-corrected chi connectivity index (χ1v) is 5.90. The Hall–Kier alpha value is -1.50. The molecular formula is C15H20O. The van der Waals surface area contributed by atoms with E-state index in [9.17, 15) is 5.11 Å². The van der Waals surface area contributed by atoms with E-state index in [0.717, 1.165) is 5.39 Å². The molecule has 0 fully saturated rings. The van der Waals surface area contributed by atoms with E-state index in [0.29, 0.717) is 11.7 Å². The second-order valence-corrected chi connectivity index (χ2v) is 3.91. The molecule has 1 heteroatoms. The SMILES string of the molecule is CC.CC(C)c1cccc2ccc(O)cc12. The van der Waals surface area contributed by atoms with Crippen molar-refractivity contribution in [2.75, 3.05) is 0 Å². The van der Waals surface area contributed by atoms with Crippen LogP contribution in [0.3, 0.4) is 0 Å². The molecule has 0 spiro atoms. The van der Waals surface area contributed by atoms with Crippen LogP contribution in [0.25, 0.3) is 10.8 Å². The molecule has 0 amide bonds. The maximum atomic E-state index is 9.44. The fourth-order valence-corrected chi connectivity index (χ4v) is 1.79. The number of phenolic OH excluding ortho intramolecular Hbond substituents is 1. The summed E-state index contributed by atoms with van der Waals surface area (Å²) >= 11 is 0. The van der Waals surface area contributed by atoms with Crippen molar-refractivity contribution >= 4 is 10.8 Å². The van der Waals surface area contributed by atoms with Gasteiger partial charge in [-0.1, -0.05) is 52.0 Å². The number of benzene rings is 2. The highest BCUT2D eigenvalue weighted by Crippen LogP contribution is 2.27. The molecule has 0 unspecified atom stereocenters. The van der Waals surface area contributed by atoms with Crippen LogP contribution in [-0.2, 0) is 0 Å². The predicted octanol–water partition coefficient (Wildman–Crippen LogP) is 4.70. The Bertz CT molecular complexity index is 458. The summed E-state index contributed by atoms with van der Waals surface area (Å²) in [5.41, 5.74) is 1.29. The molecule has 0 aromatic heterocycles. The third-order valence-corrected chi connectivity index (χ3v) is 2.52. The minimum atomic E-state index is 0.339. The Labute approximate surface area is 97.7 Å². The van der Waals surface area contributed by atoms with Crippen LogP contribution in [0.2, 0.25) is 0 Å². The molecule has 1 nitrogen and oxygen atoms in total. The number of hydrogen-bond acceptors (Lipinski definition) is 1. The molecule has 1 N–H and O–H groups in total. The van der Waals surface area contributed by atoms with Gasteiger partial charge in [0.1, 0.15) is 5.75 Å². The van der Waals surface area contributed by atoms with Gasteiger partial charge in [0.25, 0.3) is 0 Å². The lowest BCUT2D eigenvalue weighted by Crippen LogP contribution is -1.88. The van der Waals surface area contributed by atoms with Crippen LogP contribution in [0.15, 0.2) is 36.4 Å². The van der Waals surface area contributed by atoms with Crippen LogP contribution in [-0.4, -0.2) is 5.11 Å². The Morgan fingerprint density at radius 2 is 1.69 bits per heavy atom. The van der Waals surface area contributed by atoms with Crippen molar-refractivity contribution < 1.29 is 5.11 Å². The molecule has 2 aromatic carbocycles. The largest absolute Gasteiger partial charge is 0.508 e. The summed E-state index contributed by atoms with van der Waals surface area (Å²) in [6.07, 6.45) is 0. The summed E-state index contributed by atoms with van der Waals surface area (Å²) < 4.78 is 0. The zero-order valence-electron chi connectivity index (χ0n) is 10.5. The molecule has 0 atom stereocenters. The van der Waals surface area contributed by atoms with Crippen LogP contribution in [0.4, 0.5) is 0 Å². The Kier molecular flexibility index (Phi) is 4.36. The van der Waals surface area contributed by atoms with Crippen molar-refractivity contribution in [1.29, 1.82) is 0 Å². The molecule has 0 heterocycles. The van der Waals surface area contributed by atoms with Crippen LogP contribution < -0.4 is 0 Å². The Morgan fingerprint density at radius 1 is 1.00 bits per heavy atom. The lowest BCUT2D eigenvalue weighted by atomic mass is 9.96. The van der Waals surface area contributed by atoms with Crippen LogP contribution in [0.5, 0.6) is 5.75 Å². The van der Waals surface area contributed by atoms with Crippen molar-refractivity contribution in [2.45, 2.75) is 33.6 Å². The van der Waals surface area contributed by atoms with Gasteiger partial charge in [0.05, 0.1) is 0 Å². The third-order valence-electron chi connectivity index (χ3n) is 2.52. The van der Waals surface area contributed by atoms with Gasteiger partial charge >= 0.3 is 0 Å². The fourth-order valence-electron chi connectivity index (χ4n) is 1.79. The summed E-state index contributed by atoms with van der Waals surface area (Å²) in [5, 5.41) is 11.8. The molecule has 86 valence electrons. The molecule has 0 bridgehead atoms. The topological polar surface area (TPSA) is 20.2 Å². The van der Waals surface area contributed by atoms with Gasteiger partial charge in [-0.15, -0.1) is 0 Å². The van der Waals surface area contributed by atoms with Crippen LogP contribution in [0, 0.1) is 0 Å². The number of hydrogen-bond donors (Lipinski definition) is 1. The summed E-state index contributed by atoms with van der Waals surface area (Å²) in [4.78, 5) is 0. The van der Waals surface area contributed by atoms with Crippen molar-refractivity contribution in [3.8, 4) is 5.75 Å².